The van der Waals surface area contributed by atoms with E-state index in [1.165, 1.54) is 108 Å². The molecular formula is C83H85BBr2N6. The number of nitrogens with zero attached hydrogens (tertiary/aromatic N) is 4. The Kier molecular flexibility index (Phi) is 20.8. The molecule has 0 fully saturated rings. The number of hydrogen-bond donors (Lipinski definition) is 2. The molecule has 0 unspecified atom stereocenters. The number of halogens is 2. The molecule has 92 heavy (non-hydrogen) atoms. The minimum absolute atomic E-state index is 0.718. The quantitative estimate of drug-likeness (QED) is 0.0289. The summed E-state index contributed by atoms with van der Waals surface area (Å²) in [7, 11) is 6.61. The van der Waals surface area contributed by atoms with Gasteiger partial charge in [-0.15, -0.1) is 0 Å². The summed E-state index contributed by atoms with van der Waals surface area (Å²) in [6.07, 6.45) is 16.7. The summed E-state index contributed by atoms with van der Waals surface area (Å²) in [4.78, 5) is 9.96. The molecule has 0 atom stereocenters. The van der Waals surface area contributed by atoms with Gasteiger partial charge < -0.3 is 30.2 Å². The Morgan fingerprint density at radius 1 is 0.326 bits per heavy atom. The van der Waals surface area contributed by atoms with Crippen molar-refractivity contribution < 1.29 is 0 Å². The minimum atomic E-state index is 0.718. The van der Waals surface area contributed by atoms with Crippen molar-refractivity contribution in [3.8, 4) is 0 Å². The molecule has 0 spiro atoms. The van der Waals surface area contributed by atoms with E-state index < -0.39 is 0 Å². The SMILES string of the molecule is [B]c1ccc(N(c2ccc(NCCCCCCCC)cc2)c2cc(N(c3ccc(Br)cc3)c3ccc(NCCCCCCCC)cc3)c3c4c2ccc2c(N(c5ccc(C)cc5)c5ccc(C)cc5)cc(N(c5ccc(C)cc5)c5ccc(Br)cc5)c(c24)CC3)cc1. The average Bonchev–Trinajstić information content (AvgIpc) is 0.703. The third-order valence-electron chi connectivity index (χ3n) is 18.3. The molecule has 11 aromatic rings. The number of rotatable bonds is 28. The molecule has 0 aliphatic heterocycles. The lowest BCUT2D eigenvalue weighted by atomic mass is 9.82. The van der Waals surface area contributed by atoms with E-state index in [0.717, 1.165) is 138 Å². The molecule has 0 aromatic heterocycles. The highest BCUT2D eigenvalue weighted by molar-refractivity contribution is 9.10. The van der Waals surface area contributed by atoms with Crippen molar-refractivity contribution in [2.45, 2.75) is 125 Å². The minimum Gasteiger partial charge on any atom is -0.385 e. The van der Waals surface area contributed by atoms with Crippen LogP contribution in [0, 0.1) is 20.8 Å². The standard InChI is InChI=1S/C83H85BBr2N6/c1-6-8-10-12-14-16-54-87-64-30-46-72(47-31-64)91(69-40-24-61(84)25-41-69)80-57-81(92(71-44-28-63(86)29-45-71)73-48-32-65(33-49-73)88-55-17-15-13-11-9-7-2)77-53-51-75-79(90(68-38-22-60(5)23-39-68)70-42-26-62(85)27-43-70)56-78(74-50-52-76(80)83(77)82(74)75)89(66-34-18-58(3)19-35-66)67-36-20-59(4)21-37-67/h18-50,52,56-57,87-88H,6-17,51,53-55H2,1-5H3. The predicted octanol–water partition coefficient (Wildman–Crippen LogP) is 24.8. The third-order valence-corrected chi connectivity index (χ3v) is 19.3. The van der Waals surface area contributed by atoms with E-state index in [0.29, 0.717) is 0 Å². The molecule has 2 N–H and O–H groups in total. The molecule has 11 aromatic carbocycles. The topological polar surface area (TPSA) is 37.0 Å². The number of hydrogen-bond acceptors (Lipinski definition) is 6. The highest BCUT2D eigenvalue weighted by atomic mass is 79.9. The first kappa shape index (κ1) is 63.9. The van der Waals surface area contributed by atoms with E-state index in [1.807, 2.05) is 12.1 Å². The van der Waals surface area contributed by atoms with Gasteiger partial charge in [-0.1, -0.05) is 193 Å². The second-order valence-electron chi connectivity index (χ2n) is 25.1. The molecule has 1 aliphatic rings. The molecule has 0 amide bonds. The Hall–Kier alpha value is -8.24. The molecule has 0 bridgehead atoms. The fourth-order valence-corrected chi connectivity index (χ4v) is 13.9. The summed E-state index contributed by atoms with van der Waals surface area (Å²) in [5.41, 5.74) is 22.2. The highest BCUT2D eigenvalue weighted by Gasteiger charge is 2.33. The lowest BCUT2D eigenvalue weighted by molar-refractivity contribution is 0.617. The number of benzene rings is 11. The van der Waals surface area contributed by atoms with Crippen LogP contribution in [0.25, 0.3) is 21.5 Å². The Morgan fingerprint density at radius 3 is 0.924 bits per heavy atom. The van der Waals surface area contributed by atoms with Crippen molar-refractivity contribution in [1.29, 1.82) is 0 Å². The van der Waals surface area contributed by atoms with Crippen LogP contribution in [0.2, 0.25) is 0 Å². The fourth-order valence-electron chi connectivity index (χ4n) is 13.4. The molecule has 12 rings (SSSR count). The lowest BCUT2D eigenvalue weighted by Gasteiger charge is -2.37. The number of nitrogens with one attached hydrogen (secondary N) is 2. The molecule has 0 saturated carbocycles. The Morgan fingerprint density at radius 2 is 0.598 bits per heavy atom. The van der Waals surface area contributed by atoms with Gasteiger partial charge in [0.05, 0.1) is 22.7 Å². The maximum absolute atomic E-state index is 6.61. The first-order chi connectivity index (χ1) is 45.0. The Balaban J connectivity index is 1.16. The van der Waals surface area contributed by atoms with Crippen LogP contribution in [0.5, 0.6) is 0 Å². The van der Waals surface area contributed by atoms with Gasteiger partial charge in [-0.3, -0.25) is 0 Å². The third kappa shape index (κ3) is 14.5. The van der Waals surface area contributed by atoms with Crippen LogP contribution < -0.4 is 35.7 Å². The molecule has 6 nitrogen and oxygen atoms in total. The van der Waals surface area contributed by atoms with E-state index in [2.05, 4.69) is 303 Å². The maximum atomic E-state index is 6.61. The van der Waals surface area contributed by atoms with Crippen LogP contribution in [-0.2, 0) is 12.8 Å². The zero-order valence-electron chi connectivity index (χ0n) is 54.2. The van der Waals surface area contributed by atoms with Crippen LogP contribution >= 0.6 is 31.9 Å². The highest BCUT2D eigenvalue weighted by Crippen LogP contribution is 2.56. The molecule has 9 heteroatoms. The first-order valence-corrected chi connectivity index (χ1v) is 35.2. The summed E-state index contributed by atoms with van der Waals surface area (Å²) in [6.45, 7) is 13.0. The molecule has 464 valence electrons. The van der Waals surface area contributed by atoms with Gasteiger partial charge in [0.15, 0.2) is 0 Å². The Bertz CT molecular complexity index is 4140. The summed E-state index contributed by atoms with van der Waals surface area (Å²) in [6, 6.07) is 81.3. The van der Waals surface area contributed by atoms with E-state index in [-0.39, 0.29) is 0 Å². The normalized spacial score (nSPS) is 11.8. The average molecular weight is 1340 g/mol. The van der Waals surface area contributed by atoms with Crippen LogP contribution in [0.1, 0.15) is 119 Å². The predicted molar refractivity (Wildman–Crippen MR) is 406 cm³/mol. The number of anilines is 14. The van der Waals surface area contributed by atoms with Crippen LogP contribution in [0.3, 0.4) is 0 Å². The maximum Gasteiger partial charge on any atom is 0.113 e. The van der Waals surface area contributed by atoms with Gasteiger partial charge in [-0.2, -0.15) is 0 Å². The van der Waals surface area contributed by atoms with Gasteiger partial charge in [0.2, 0.25) is 0 Å². The molecule has 0 heterocycles. The molecule has 1 aliphatic carbocycles. The van der Waals surface area contributed by atoms with Crippen molar-refractivity contribution in [3.05, 3.63) is 255 Å². The summed E-state index contributed by atoms with van der Waals surface area (Å²) >= 11 is 7.66. The Labute approximate surface area is 565 Å². The van der Waals surface area contributed by atoms with Gasteiger partial charge in [0.25, 0.3) is 0 Å². The van der Waals surface area contributed by atoms with E-state index in [9.17, 15) is 0 Å². The smallest absolute Gasteiger partial charge is 0.113 e. The zero-order valence-corrected chi connectivity index (χ0v) is 57.4. The fraction of sp³-hybridized carbons (Fsp3) is 0.253. The number of aryl methyl sites for hydroxylation is 5. The number of unbranched alkanes of at least 4 members (excludes halogenated alkanes) is 10. The van der Waals surface area contributed by atoms with E-state index in [4.69, 9.17) is 7.85 Å². The monoisotopic (exact) mass is 1330 g/mol. The van der Waals surface area contributed by atoms with Crippen LogP contribution in [-0.4, -0.2) is 20.9 Å². The van der Waals surface area contributed by atoms with Gasteiger partial charge in [0, 0.05) is 89.7 Å². The zero-order chi connectivity index (χ0) is 63.5. The first-order valence-electron chi connectivity index (χ1n) is 33.6. The van der Waals surface area contributed by atoms with Crippen molar-refractivity contribution in [2.75, 3.05) is 43.3 Å². The van der Waals surface area contributed by atoms with Crippen molar-refractivity contribution in [1.82, 2.24) is 0 Å². The summed E-state index contributed by atoms with van der Waals surface area (Å²) < 4.78 is 2.06. The van der Waals surface area contributed by atoms with Gasteiger partial charge >= 0.3 is 0 Å². The second-order valence-corrected chi connectivity index (χ2v) is 26.9. The summed E-state index contributed by atoms with van der Waals surface area (Å²) in [5.74, 6) is 0. The van der Waals surface area contributed by atoms with E-state index in [1.54, 1.807) is 0 Å². The largest absolute Gasteiger partial charge is 0.385 e. The van der Waals surface area contributed by atoms with Crippen LogP contribution in [0.15, 0.2) is 227 Å². The van der Waals surface area contributed by atoms with Crippen LogP contribution in [0.4, 0.5) is 79.6 Å². The van der Waals surface area contributed by atoms with Gasteiger partial charge in [-0.25, -0.2) is 0 Å². The van der Waals surface area contributed by atoms with E-state index >= 15 is 0 Å². The molecule has 2 radical (unpaired) electrons. The van der Waals surface area contributed by atoms with Crippen molar-refractivity contribution >= 4 is 146 Å². The van der Waals surface area contributed by atoms with Gasteiger partial charge in [0.1, 0.15) is 7.85 Å². The van der Waals surface area contributed by atoms with Crippen molar-refractivity contribution in [3.63, 3.8) is 0 Å². The summed E-state index contributed by atoms with van der Waals surface area (Å²) in [5, 5.41) is 12.4. The van der Waals surface area contributed by atoms with Crippen molar-refractivity contribution in [2.24, 2.45) is 0 Å². The lowest BCUT2D eigenvalue weighted by Crippen LogP contribution is -2.20. The second kappa shape index (κ2) is 30.0. The molecular weight excluding hydrogens is 1250 g/mol. The van der Waals surface area contributed by atoms with Gasteiger partial charge in [-0.05, 0) is 226 Å². The molecule has 0 saturated heterocycles.